The van der Waals surface area contributed by atoms with Gasteiger partial charge in [-0.05, 0) is 31.6 Å². The van der Waals surface area contributed by atoms with Gasteiger partial charge < -0.3 is 14.4 Å². The van der Waals surface area contributed by atoms with Gasteiger partial charge in [-0.3, -0.25) is 4.79 Å². The fraction of sp³-hybridized carbons (Fsp3) is 0.938. The number of piperidine rings is 1. The average molecular weight is 362 g/mol. The van der Waals surface area contributed by atoms with Crippen molar-refractivity contribution in [3.8, 4) is 0 Å². The highest BCUT2D eigenvalue weighted by molar-refractivity contribution is 7.89. The van der Waals surface area contributed by atoms with Crippen LogP contribution in [0.3, 0.4) is 0 Å². The SMILES string of the molecule is COCCOCCS(=O)(=O)N1CCCC1C(=O)N1CCC(C)CC1. The van der Waals surface area contributed by atoms with Gasteiger partial charge >= 0.3 is 0 Å². The molecule has 140 valence electrons. The first-order valence-electron chi connectivity index (χ1n) is 8.80. The van der Waals surface area contributed by atoms with Gasteiger partial charge in [-0.25, -0.2) is 8.42 Å². The van der Waals surface area contributed by atoms with Crippen molar-refractivity contribution in [2.75, 3.05) is 52.3 Å². The Hall–Kier alpha value is -0.700. The van der Waals surface area contributed by atoms with Crippen molar-refractivity contribution in [3.63, 3.8) is 0 Å². The maximum absolute atomic E-state index is 12.8. The van der Waals surface area contributed by atoms with Gasteiger partial charge in [0.25, 0.3) is 0 Å². The number of carbonyl (C=O) groups is 1. The summed E-state index contributed by atoms with van der Waals surface area (Å²) >= 11 is 0. The van der Waals surface area contributed by atoms with E-state index in [-0.39, 0.29) is 18.3 Å². The molecule has 0 saturated carbocycles. The second-order valence-corrected chi connectivity index (χ2v) is 8.74. The molecule has 1 atom stereocenters. The van der Waals surface area contributed by atoms with E-state index in [1.54, 1.807) is 7.11 Å². The van der Waals surface area contributed by atoms with E-state index in [1.807, 2.05) is 4.90 Å². The van der Waals surface area contributed by atoms with E-state index in [9.17, 15) is 13.2 Å². The third-order valence-electron chi connectivity index (χ3n) is 4.86. The highest BCUT2D eigenvalue weighted by atomic mass is 32.2. The number of hydrogen-bond acceptors (Lipinski definition) is 5. The summed E-state index contributed by atoms with van der Waals surface area (Å²) in [5.74, 6) is 0.530. The highest BCUT2D eigenvalue weighted by Gasteiger charge is 2.40. The van der Waals surface area contributed by atoms with Gasteiger partial charge in [0.15, 0.2) is 0 Å². The number of sulfonamides is 1. The molecule has 2 rings (SSSR count). The Bertz CT molecular complexity index is 503. The maximum Gasteiger partial charge on any atom is 0.241 e. The predicted octanol–water partition coefficient (Wildman–Crippen LogP) is 0.702. The molecular formula is C16H30N2O5S. The minimum Gasteiger partial charge on any atom is -0.382 e. The number of ether oxygens (including phenoxy) is 2. The Morgan fingerprint density at radius 1 is 1.08 bits per heavy atom. The van der Waals surface area contributed by atoms with Crippen molar-refractivity contribution in [1.82, 2.24) is 9.21 Å². The normalized spacial score (nSPS) is 23.8. The number of likely N-dealkylation sites (tertiary alicyclic amines) is 1. The lowest BCUT2D eigenvalue weighted by Crippen LogP contribution is -2.50. The Labute approximate surface area is 145 Å². The molecule has 0 aliphatic carbocycles. The zero-order valence-electron chi connectivity index (χ0n) is 14.8. The van der Waals surface area contributed by atoms with Crippen LogP contribution >= 0.6 is 0 Å². The van der Waals surface area contributed by atoms with Crippen LogP contribution in [-0.2, 0) is 24.3 Å². The zero-order valence-corrected chi connectivity index (χ0v) is 15.6. The molecule has 0 aromatic heterocycles. The van der Waals surface area contributed by atoms with Crippen LogP contribution in [0.4, 0.5) is 0 Å². The molecule has 0 N–H and O–H groups in total. The third kappa shape index (κ3) is 5.15. The van der Waals surface area contributed by atoms with E-state index in [0.717, 1.165) is 32.4 Å². The van der Waals surface area contributed by atoms with Crippen LogP contribution in [0.25, 0.3) is 0 Å². The first-order chi connectivity index (χ1) is 11.5. The Kier molecular flexibility index (Phi) is 7.46. The van der Waals surface area contributed by atoms with Crippen LogP contribution in [-0.4, -0.2) is 81.9 Å². The lowest BCUT2D eigenvalue weighted by Gasteiger charge is -2.34. The standard InChI is InChI=1S/C16H30N2O5S/c1-14-5-8-17(9-6-14)16(19)15-4-3-7-18(15)24(20,21)13-12-23-11-10-22-2/h14-15H,3-13H2,1-2H3. The molecular weight excluding hydrogens is 332 g/mol. The van der Waals surface area contributed by atoms with Crippen molar-refractivity contribution < 1.29 is 22.7 Å². The minimum atomic E-state index is -3.47. The van der Waals surface area contributed by atoms with E-state index < -0.39 is 16.1 Å². The number of hydrogen-bond donors (Lipinski definition) is 0. The molecule has 2 saturated heterocycles. The molecule has 8 heteroatoms. The van der Waals surface area contributed by atoms with E-state index in [1.165, 1.54) is 4.31 Å². The van der Waals surface area contributed by atoms with Gasteiger partial charge in [0.05, 0.1) is 25.6 Å². The van der Waals surface area contributed by atoms with Crippen LogP contribution in [0.15, 0.2) is 0 Å². The molecule has 0 spiro atoms. The zero-order chi connectivity index (χ0) is 17.6. The molecule has 0 aromatic rings. The number of amides is 1. The second-order valence-electron chi connectivity index (χ2n) is 6.70. The van der Waals surface area contributed by atoms with Crippen molar-refractivity contribution >= 4 is 15.9 Å². The average Bonchev–Trinajstić information content (AvgIpc) is 3.05. The van der Waals surface area contributed by atoms with Gasteiger partial charge in [0, 0.05) is 26.7 Å². The largest absolute Gasteiger partial charge is 0.382 e. The van der Waals surface area contributed by atoms with E-state index in [4.69, 9.17) is 9.47 Å². The fourth-order valence-electron chi connectivity index (χ4n) is 3.29. The summed E-state index contributed by atoms with van der Waals surface area (Å²) in [6.45, 7) is 5.05. The van der Waals surface area contributed by atoms with Crippen molar-refractivity contribution in [1.29, 1.82) is 0 Å². The second kappa shape index (κ2) is 9.12. The summed E-state index contributed by atoms with van der Waals surface area (Å²) in [6.07, 6.45) is 3.36. The fourth-order valence-corrected chi connectivity index (χ4v) is 4.84. The Morgan fingerprint density at radius 2 is 1.79 bits per heavy atom. The molecule has 1 unspecified atom stereocenters. The molecule has 0 radical (unpaired) electrons. The molecule has 2 aliphatic rings. The van der Waals surface area contributed by atoms with Crippen LogP contribution in [0.5, 0.6) is 0 Å². The summed E-state index contributed by atoms with van der Waals surface area (Å²) in [4.78, 5) is 14.6. The van der Waals surface area contributed by atoms with E-state index in [2.05, 4.69) is 6.92 Å². The van der Waals surface area contributed by atoms with Gasteiger partial charge in [-0.2, -0.15) is 4.31 Å². The van der Waals surface area contributed by atoms with Gasteiger partial charge in [0.1, 0.15) is 6.04 Å². The number of nitrogens with zero attached hydrogens (tertiary/aromatic N) is 2. The van der Waals surface area contributed by atoms with Gasteiger partial charge in [-0.15, -0.1) is 0 Å². The molecule has 2 aliphatic heterocycles. The molecule has 24 heavy (non-hydrogen) atoms. The predicted molar refractivity (Wildman–Crippen MR) is 91.2 cm³/mol. The molecule has 0 bridgehead atoms. The number of methoxy groups -OCH3 is 1. The summed E-state index contributed by atoms with van der Waals surface area (Å²) in [7, 11) is -1.90. The lowest BCUT2D eigenvalue weighted by molar-refractivity contribution is -0.135. The lowest BCUT2D eigenvalue weighted by atomic mass is 9.98. The van der Waals surface area contributed by atoms with Crippen LogP contribution in [0.2, 0.25) is 0 Å². The van der Waals surface area contributed by atoms with Crippen LogP contribution in [0, 0.1) is 5.92 Å². The van der Waals surface area contributed by atoms with E-state index in [0.29, 0.717) is 32.1 Å². The minimum absolute atomic E-state index is 0.0247. The topological polar surface area (TPSA) is 76.1 Å². The number of rotatable bonds is 8. The van der Waals surface area contributed by atoms with E-state index >= 15 is 0 Å². The summed E-state index contributed by atoms with van der Waals surface area (Å²) in [5, 5.41) is 0. The Morgan fingerprint density at radius 3 is 2.46 bits per heavy atom. The highest BCUT2D eigenvalue weighted by Crippen LogP contribution is 2.25. The quantitative estimate of drug-likeness (QED) is 0.594. The molecule has 0 aromatic carbocycles. The van der Waals surface area contributed by atoms with Crippen molar-refractivity contribution in [2.24, 2.45) is 5.92 Å². The van der Waals surface area contributed by atoms with Crippen molar-refractivity contribution in [2.45, 2.75) is 38.6 Å². The smallest absolute Gasteiger partial charge is 0.241 e. The summed E-state index contributed by atoms with van der Waals surface area (Å²) in [6, 6.07) is -0.526. The van der Waals surface area contributed by atoms with Crippen LogP contribution in [0.1, 0.15) is 32.6 Å². The van der Waals surface area contributed by atoms with Gasteiger partial charge in [0.2, 0.25) is 15.9 Å². The molecule has 2 fully saturated rings. The molecule has 7 nitrogen and oxygen atoms in total. The summed E-state index contributed by atoms with van der Waals surface area (Å²) < 4.78 is 36.6. The summed E-state index contributed by atoms with van der Waals surface area (Å²) in [5.41, 5.74) is 0. The van der Waals surface area contributed by atoms with Crippen LogP contribution < -0.4 is 0 Å². The number of carbonyl (C=O) groups excluding carboxylic acids is 1. The first-order valence-corrected chi connectivity index (χ1v) is 10.4. The van der Waals surface area contributed by atoms with Crippen molar-refractivity contribution in [3.05, 3.63) is 0 Å². The maximum atomic E-state index is 12.8. The monoisotopic (exact) mass is 362 g/mol. The third-order valence-corrected chi connectivity index (χ3v) is 6.69. The van der Waals surface area contributed by atoms with Gasteiger partial charge in [-0.1, -0.05) is 6.92 Å². The Balaban J connectivity index is 1.90. The molecule has 2 heterocycles. The molecule has 1 amide bonds. The first kappa shape index (κ1) is 19.6.